The molecule has 0 aliphatic heterocycles. The normalized spacial score (nSPS) is 11.0. The maximum atomic E-state index is 11.8. The highest BCUT2D eigenvalue weighted by atomic mass is 16.5. The van der Waals surface area contributed by atoms with Crippen molar-refractivity contribution in [2.45, 2.75) is 128 Å². The van der Waals surface area contributed by atoms with E-state index in [0.717, 1.165) is 102 Å². The first-order valence-corrected chi connectivity index (χ1v) is 16.7. The van der Waals surface area contributed by atoms with Gasteiger partial charge in [-0.25, -0.2) is 9.59 Å². The highest BCUT2D eigenvalue weighted by Gasteiger charge is 2.09. The smallest absolute Gasteiger partial charge is 0.331 e. The fourth-order valence-corrected chi connectivity index (χ4v) is 4.13. The maximum absolute atomic E-state index is 11.8. The first-order chi connectivity index (χ1) is 21.5. The molecule has 0 aliphatic carbocycles. The monoisotopic (exact) mass is 618 g/mol. The van der Waals surface area contributed by atoms with Gasteiger partial charge in [0.1, 0.15) is 0 Å². The van der Waals surface area contributed by atoms with Crippen molar-refractivity contribution in [2.75, 3.05) is 26.4 Å². The predicted octanol–water partition coefficient (Wildman–Crippen LogP) is 8.45. The van der Waals surface area contributed by atoms with Crippen LogP contribution in [0.5, 0.6) is 0 Å². The Hall–Kier alpha value is -3.16. The van der Waals surface area contributed by atoms with Gasteiger partial charge in [0, 0.05) is 12.2 Å². The van der Waals surface area contributed by atoms with Gasteiger partial charge in [-0.3, -0.25) is 9.59 Å². The number of ether oxygens (including phenoxy) is 4. The van der Waals surface area contributed by atoms with Crippen LogP contribution in [0.3, 0.4) is 0 Å². The summed E-state index contributed by atoms with van der Waals surface area (Å²) in [6, 6.07) is 0. The molecule has 250 valence electrons. The van der Waals surface area contributed by atoms with E-state index >= 15 is 0 Å². The number of allylic oxidation sites excluding steroid dienone is 4. The van der Waals surface area contributed by atoms with Crippen LogP contribution in [0.1, 0.15) is 128 Å². The first kappa shape index (κ1) is 40.8. The fraction of sp³-hybridized carbons (Fsp3) is 0.667. The molecule has 8 heteroatoms. The standard InChI is InChI=1S/C36H58O8/c1-3-5-7-8-9-15-18-22-30-42-35(39)27-28-36(40)44-32-24-20-17-14-12-10-11-13-16-19-23-31-43-34(38)26-25-33(37)41-29-21-6-4-2/h3-4,13,16,25-26H,1-2,5-12,14-15,17-24,27-32H2/b16-13+,26-25+. The van der Waals surface area contributed by atoms with Crippen LogP contribution in [0.15, 0.2) is 49.6 Å². The molecule has 0 bridgehead atoms. The zero-order chi connectivity index (χ0) is 32.4. The van der Waals surface area contributed by atoms with Crippen LogP contribution in [0.25, 0.3) is 0 Å². The van der Waals surface area contributed by atoms with Crippen molar-refractivity contribution in [2.24, 2.45) is 0 Å². The van der Waals surface area contributed by atoms with Gasteiger partial charge >= 0.3 is 23.9 Å². The van der Waals surface area contributed by atoms with Crippen LogP contribution in [0, 0.1) is 0 Å². The number of unbranched alkanes of at least 4 members (excludes halogenated alkanes) is 14. The highest BCUT2D eigenvalue weighted by molar-refractivity contribution is 5.91. The predicted molar refractivity (Wildman–Crippen MR) is 175 cm³/mol. The largest absolute Gasteiger partial charge is 0.466 e. The summed E-state index contributed by atoms with van der Waals surface area (Å²) >= 11 is 0. The molecule has 0 atom stereocenters. The number of hydrogen-bond donors (Lipinski definition) is 0. The van der Waals surface area contributed by atoms with E-state index in [4.69, 9.17) is 18.9 Å². The van der Waals surface area contributed by atoms with E-state index in [9.17, 15) is 19.2 Å². The van der Waals surface area contributed by atoms with Gasteiger partial charge in [-0.05, 0) is 64.2 Å². The zero-order valence-corrected chi connectivity index (χ0v) is 27.1. The van der Waals surface area contributed by atoms with Gasteiger partial charge in [0.2, 0.25) is 0 Å². The molecule has 8 nitrogen and oxygen atoms in total. The van der Waals surface area contributed by atoms with Crippen LogP contribution in [0.4, 0.5) is 0 Å². The topological polar surface area (TPSA) is 105 Å². The summed E-state index contributed by atoms with van der Waals surface area (Å²) < 4.78 is 20.5. The van der Waals surface area contributed by atoms with Crippen molar-refractivity contribution in [3.05, 3.63) is 49.6 Å². The lowest BCUT2D eigenvalue weighted by atomic mass is 10.1. The van der Waals surface area contributed by atoms with Gasteiger partial charge in [0.15, 0.2) is 0 Å². The van der Waals surface area contributed by atoms with Crippen molar-refractivity contribution >= 4 is 23.9 Å². The van der Waals surface area contributed by atoms with E-state index in [1.165, 1.54) is 19.3 Å². The molecule has 0 unspecified atom stereocenters. The molecule has 44 heavy (non-hydrogen) atoms. The third kappa shape index (κ3) is 31.8. The zero-order valence-electron chi connectivity index (χ0n) is 27.1. The Balaban J connectivity index is 3.46. The Morgan fingerprint density at radius 3 is 1.23 bits per heavy atom. The lowest BCUT2D eigenvalue weighted by molar-refractivity contribution is -0.150. The Bertz CT molecular complexity index is 830. The molecule has 0 fully saturated rings. The van der Waals surface area contributed by atoms with Crippen LogP contribution in [-0.2, 0) is 38.1 Å². The average molecular weight is 619 g/mol. The quantitative estimate of drug-likeness (QED) is 0.0251. The maximum Gasteiger partial charge on any atom is 0.331 e. The second kappa shape index (κ2) is 32.7. The van der Waals surface area contributed by atoms with Gasteiger partial charge in [-0.2, -0.15) is 0 Å². The summed E-state index contributed by atoms with van der Waals surface area (Å²) in [5.74, 6) is -1.76. The molecule has 0 aliphatic rings. The van der Waals surface area contributed by atoms with Crippen LogP contribution in [-0.4, -0.2) is 50.3 Å². The van der Waals surface area contributed by atoms with Crippen molar-refractivity contribution in [1.82, 2.24) is 0 Å². The molecule has 0 aromatic rings. The molecule has 0 amide bonds. The summed E-state index contributed by atoms with van der Waals surface area (Å²) in [7, 11) is 0. The molecule has 0 heterocycles. The van der Waals surface area contributed by atoms with Crippen LogP contribution < -0.4 is 0 Å². The summed E-state index contributed by atoms with van der Waals surface area (Å²) in [6.07, 6.45) is 28.6. The Morgan fingerprint density at radius 2 is 0.750 bits per heavy atom. The van der Waals surface area contributed by atoms with Gasteiger partial charge in [-0.1, -0.05) is 75.7 Å². The van der Waals surface area contributed by atoms with E-state index in [1.807, 2.05) is 6.08 Å². The van der Waals surface area contributed by atoms with Gasteiger partial charge in [-0.15, -0.1) is 13.2 Å². The number of esters is 4. The minimum atomic E-state index is -0.552. The van der Waals surface area contributed by atoms with Crippen LogP contribution >= 0.6 is 0 Å². The molecule has 0 spiro atoms. The molecule has 0 aromatic carbocycles. The molecule has 0 saturated carbocycles. The number of carbonyl (C=O) groups excluding carboxylic acids is 4. The summed E-state index contributed by atoms with van der Waals surface area (Å²) in [5, 5.41) is 0. The van der Waals surface area contributed by atoms with E-state index < -0.39 is 11.9 Å². The number of carbonyl (C=O) groups is 4. The van der Waals surface area contributed by atoms with Crippen molar-refractivity contribution in [3.8, 4) is 0 Å². The van der Waals surface area contributed by atoms with Gasteiger partial charge < -0.3 is 18.9 Å². The fourth-order valence-electron chi connectivity index (χ4n) is 4.13. The van der Waals surface area contributed by atoms with Crippen LogP contribution in [0.2, 0.25) is 0 Å². The highest BCUT2D eigenvalue weighted by Crippen LogP contribution is 2.10. The molecular weight excluding hydrogens is 560 g/mol. The summed E-state index contributed by atoms with van der Waals surface area (Å²) in [5.41, 5.74) is 0. The Morgan fingerprint density at radius 1 is 0.409 bits per heavy atom. The third-order valence-electron chi connectivity index (χ3n) is 6.71. The van der Waals surface area contributed by atoms with Gasteiger partial charge in [0.25, 0.3) is 0 Å². The summed E-state index contributed by atoms with van der Waals surface area (Å²) in [6.45, 7) is 8.76. The van der Waals surface area contributed by atoms with E-state index in [-0.39, 0.29) is 24.8 Å². The minimum absolute atomic E-state index is 0.0767. The van der Waals surface area contributed by atoms with Crippen molar-refractivity contribution < 1.29 is 38.1 Å². The Kier molecular flexibility index (Phi) is 30.4. The molecule has 0 saturated heterocycles. The molecule has 0 rings (SSSR count). The van der Waals surface area contributed by atoms with E-state index in [1.54, 1.807) is 6.08 Å². The minimum Gasteiger partial charge on any atom is -0.466 e. The SMILES string of the molecule is C=CCCCCCCCCOC(=O)CCC(=O)OCCCCCCCC/C=C/CCCOC(=O)/C=C/C(=O)OCCCC=C. The van der Waals surface area contributed by atoms with Crippen molar-refractivity contribution in [3.63, 3.8) is 0 Å². The second-order valence-corrected chi connectivity index (χ2v) is 10.8. The van der Waals surface area contributed by atoms with E-state index in [0.29, 0.717) is 32.8 Å². The molecular formula is C36H58O8. The van der Waals surface area contributed by atoms with E-state index in [2.05, 4.69) is 25.3 Å². The number of hydrogen-bond acceptors (Lipinski definition) is 8. The first-order valence-electron chi connectivity index (χ1n) is 16.7. The molecule has 0 aromatic heterocycles. The number of rotatable bonds is 31. The lowest BCUT2D eigenvalue weighted by Crippen LogP contribution is -2.11. The molecule has 0 radical (unpaired) electrons. The Labute approximate surface area is 266 Å². The summed E-state index contributed by atoms with van der Waals surface area (Å²) in [4.78, 5) is 46.7. The second-order valence-electron chi connectivity index (χ2n) is 10.8. The van der Waals surface area contributed by atoms with Crippen molar-refractivity contribution in [1.29, 1.82) is 0 Å². The van der Waals surface area contributed by atoms with Gasteiger partial charge in [0.05, 0.1) is 39.3 Å². The average Bonchev–Trinajstić information content (AvgIpc) is 3.02. The molecule has 0 N–H and O–H groups in total. The lowest BCUT2D eigenvalue weighted by Gasteiger charge is -2.06. The third-order valence-corrected chi connectivity index (χ3v) is 6.71.